The first kappa shape index (κ1) is 10.7. The number of nitrogens with zero attached hydrogens (tertiary/aromatic N) is 2. The summed E-state index contributed by atoms with van der Waals surface area (Å²) in [6.45, 7) is 2.70. The van der Waals surface area contributed by atoms with E-state index in [9.17, 15) is 0 Å². The molecule has 1 atom stereocenters. The second kappa shape index (κ2) is 4.72. The van der Waals surface area contributed by atoms with Crippen LogP contribution in [0.25, 0.3) is 0 Å². The Morgan fingerprint density at radius 1 is 1.57 bits per heavy atom. The monoisotopic (exact) mass is 192 g/mol. The molecule has 1 rings (SSSR count). The Bertz CT molecular complexity index is 296. The van der Waals surface area contributed by atoms with E-state index >= 15 is 0 Å². The molecule has 1 aromatic rings. The van der Waals surface area contributed by atoms with Gasteiger partial charge < -0.3 is 5.73 Å². The average Bonchev–Trinajstić information content (AvgIpc) is 2.18. The molecule has 0 aliphatic carbocycles. The highest BCUT2D eigenvalue weighted by molar-refractivity contribution is 5.82. The third kappa shape index (κ3) is 2.81. The van der Waals surface area contributed by atoms with Gasteiger partial charge in [-0.3, -0.25) is 15.3 Å². The molecule has 4 heteroatoms. The Balaban J connectivity index is 2.57. The number of pyridine rings is 1. The first-order valence-corrected chi connectivity index (χ1v) is 4.54. The van der Waals surface area contributed by atoms with Crippen molar-refractivity contribution in [2.75, 3.05) is 7.05 Å². The minimum absolute atomic E-state index is 0.0248. The third-order valence-electron chi connectivity index (χ3n) is 2.29. The lowest BCUT2D eigenvalue weighted by atomic mass is 10.2. The van der Waals surface area contributed by atoms with Gasteiger partial charge in [-0.2, -0.15) is 0 Å². The zero-order valence-corrected chi connectivity index (χ0v) is 8.57. The minimum Gasteiger partial charge on any atom is -0.386 e. The molecule has 0 bridgehead atoms. The predicted octanol–water partition coefficient (Wildman–Crippen LogP) is 0.838. The maximum Gasteiger partial charge on any atom is 0.108 e. The second-order valence-corrected chi connectivity index (χ2v) is 3.40. The van der Waals surface area contributed by atoms with Crippen molar-refractivity contribution < 1.29 is 0 Å². The van der Waals surface area contributed by atoms with E-state index in [0.29, 0.717) is 0 Å². The lowest BCUT2D eigenvalue weighted by Crippen LogP contribution is -2.39. The van der Waals surface area contributed by atoms with E-state index in [1.807, 2.05) is 31.0 Å². The topological polar surface area (TPSA) is 66.0 Å². The van der Waals surface area contributed by atoms with Gasteiger partial charge in [-0.25, -0.2) is 0 Å². The minimum atomic E-state index is -0.0248. The van der Waals surface area contributed by atoms with Crippen molar-refractivity contribution in [1.82, 2.24) is 9.88 Å². The average molecular weight is 192 g/mol. The molecule has 1 unspecified atom stereocenters. The highest BCUT2D eigenvalue weighted by Gasteiger charge is 2.11. The molecule has 1 heterocycles. The summed E-state index contributed by atoms with van der Waals surface area (Å²) < 4.78 is 0. The summed E-state index contributed by atoms with van der Waals surface area (Å²) in [5.74, 6) is 0.196. The summed E-state index contributed by atoms with van der Waals surface area (Å²) in [5, 5.41) is 7.32. The molecule has 0 spiro atoms. The number of nitrogens with two attached hydrogens (primary N) is 1. The van der Waals surface area contributed by atoms with Crippen LogP contribution >= 0.6 is 0 Å². The number of likely N-dealkylation sites (N-methyl/N-ethyl adjacent to an activating group) is 1. The molecule has 0 amide bonds. The lowest BCUT2D eigenvalue weighted by molar-refractivity contribution is 0.301. The van der Waals surface area contributed by atoms with Gasteiger partial charge in [0.2, 0.25) is 0 Å². The van der Waals surface area contributed by atoms with Gasteiger partial charge in [0, 0.05) is 18.9 Å². The van der Waals surface area contributed by atoms with Crippen LogP contribution in [0.2, 0.25) is 0 Å². The molecule has 0 saturated carbocycles. The summed E-state index contributed by atoms with van der Waals surface area (Å²) in [6, 6.07) is 3.90. The molecule has 0 saturated heterocycles. The van der Waals surface area contributed by atoms with Crippen LogP contribution in [0.3, 0.4) is 0 Å². The van der Waals surface area contributed by atoms with Crippen molar-refractivity contribution in [3.63, 3.8) is 0 Å². The molecule has 4 nitrogen and oxygen atoms in total. The molecule has 0 fully saturated rings. The molecule has 3 N–H and O–H groups in total. The Hall–Kier alpha value is -1.42. The predicted molar refractivity (Wildman–Crippen MR) is 57.1 cm³/mol. The fourth-order valence-electron chi connectivity index (χ4n) is 1.15. The van der Waals surface area contributed by atoms with E-state index < -0.39 is 0 Å². The van der Waals surface area contributed by atoms with Crippen molar-refractivity contribution in [2.45, 2.75) is 19.5 Å². The number of nitrogens with one attached hydrogen (secondary N) is 1. The van der Waals surface area contributed by atoms with Crippen LogP contribution in [0.5, 0.6) is 0 Å². The van der Waals surface area contributed by atoms with Crippen molar-refractivity contribution in [1.29, 1.82) is 5.41 Å². The zero-order chi connectivity index (χ0) is 10.6. The van der Waals surface area contributed by atoms with Gasteiger partial charge >= 0.3 is 0 Å². The number of rotatable bonds is 4. The second-order valence-electron chi connectivity index (χ2n) is 3.40. The number of amidine groups is 1. The van der Waals surface area contributed by atoms with Crippen LogP contribution in [-0.4, -0.2) is 28.8 Å². The SMILES string of the molecule is CC(C(=N)N)N(C)Cc1ccncc1. The standard InChI is InChI=1S/C10H16N4/c1-8(10(11)12)14(2)7-9-3-5-13-6-4-9/h3-6,8H,7H2,1-2H3,(H3,11,12). The van der Waals surface area contributed by atoms with Crippen LogP contribution in [0.15, 0.2) is 24.5 Å². The summed E-state index contributed by atoms with van der Waals surface area (Å²) >= 11 is 0. The van der Waals surface area contributed by atoms with E-state index in [1.165, 1.54) is 5.56 Å². The molecule has 0 aromatic carbocycles. The molecule has 0 aliphatic rings. The molecule has 76 valence electrons. The molecule has 1 aromatic heterocycles. The fraction of sp³-hybridized carbons (Fsp3) is 0.400. The van der Waals surface area contributed by atoms with E-state index in [0.717, 1.165) is 6.54 Å². The van der Waals surface area contributed by atoms with Crippen LogP contribution < -0.4 is 5.73 Å². The van der Waals surface area contributed by atoms with Crippen molar-refractivity contribution in [2.24, 2.45) is 5.73 Å². The lowest BCUT2D eigenvalue weighted by Gasteiger charge is -2.23. The van der Waals surface area contributed by atoms with Crippen molar-refractivity contribution in [3.8, 4) is 0 Å². The maximum absolute atomic E-state index is 7.32. The Morgan fingerprint density at radius 3 is 2.64 bits per heavy atom. The third-order valence-corrected chi connectivity index (χ3v) is 2.29. The molecule has 0 radical (unpaired) electrons. The van der Waals surface area contributed by atoms with Gasteiger partial charge in [-0.05, 0) is 31.7 Å². The maximum atomic E-state index is 7.32. The van der Waals surface area contributed by atoms with Gasteiger partial charge in [-0.1, -0.05) is 0 Å². The first-order chi connectivity index (χ1) is 6.61. The van der Waals surface area contributed by atoms with Gasteiger partial charge in [0.15, 0.2) is 0 Å². The Morgan fingerprint density at radius 2 is 2.14 bits per heavy atom. The highest BCUT2D eigenvalue weighted by atomic mass is 15.1. The molecule has 14 heavy (non-hydrogen) atoms. The Labute approximate surface area is 84.3 Å². The van der Waals surface area contributed by atoms with Crippen LogP contribution in [0, 0.1) is 5.41 Å². The zero-order valence-electron chi connectivity index (χ0n) is 8.57. The van der Waals surface area contributed by atoms with Crippen LogP contribution in [0.4, 0.5) is 0 Å². The number of hydrogen-bond acceptors (Lipinski definition) is 3. The number of hydrogen-bond donors (Lipinski definition) is 2. The molecular weight excluding hydrogens is 176 g/mol. The van der Waals surface area contributed by atoms with Crippen LogP contribution in [0.1, 0.15) is 12.5 Å². The summed E-state index contributed by atoms with van der Waals surface area (Å²) in [6.07, 6.45) is 3.53. The summed E-state index contributed by atoms with van der Waals surface area (Å²) in [5.41, 5.74) is 6.60. The quantitative estimate of drug-likeness (QED) is 0.548. The van der Waals surface area contributed by atoms with Gasteiger partial charge in [-0.15, -0.1) is 0 Å². The van der Waals surface area contributed by atoms with Crippen LogP contribution in [-0.2, 0) is 6.54 Å². The molecule has 0 aliphatic heterocycles. The normalized spacial score (nSPS) is 12.8. The van der Waals surface area contributed by atoms with E-state index in [2.05, 4.69) is 4.98 Å². The van der Waals surface area contributed by atoms with E-state index in [1.54, 1.807) is 12.4 Å². The number of aromatic nitrogens is 1. The highest BCUT2D eigenvalue weighted by Crippen LogP contribution is 2.04. The van der Waals surface area contributed by atoms with Crippen molar-refractivity contribution in [3.05, 3.63) is 30.1 Å². The van der Waals surface area contributed by atoms with Crippen molar-refractivity contribution >= 4 is 5.84 Å². The summed E-state index contributed by atoms with van der Waals surface area (Å²) in [4.78, 5) is 5.97. The fourth-order valence-corrected chi connectivity index (χ4v) is 1.15. The Kier molecular flexibility index (Phi) is 3.59. The van der Waals surface area contributed by atoms with Gasteiger partial charge in [0.05, 0.1) is 6.04 Å². The first-order valence-electron chi connectivity index (χ1n) is 4.54. The largest absolute Gasteiger partial charge is 0.386 e. The smallest absolute Gasteiger partial charge is 0.108 e. The summed E-state index contributed by atoms with van der Waals surface area (Å²) in [7, 11) is 1.95. The molecular formula is C10H16N4. The van der Waals surface area contributed by atoms with Gasteiger partial charge in [0.25, 0.3) is 0 Å². The van der Waals surface area contributed by atoms with E-state index in [4.69, 9.17) is 11.1 Å². The van der Waals surface area contributed by atoms with Gasteiger partial charge in [0.1, 0.15) is 5.84 Å². The van der Waals surface area contributed by atoms with E-state index in [-0.39, 0.29) is 11.9 Å².